The molecule has 6 heteroatoms. The van der Waals surface area contributed by atoms with E-state index in [-0.39, 0.29) is 6.61 Å². The highest BCUT2D eigenvalue weighted by atomic mass is 16.6. The molecule has 0 N–H and O–H groups in total. The molecule has 0 saturated heterocycles. The number of esters is 1. The van der Waals surface area contributed by atoms with Crippen molar-refractivity contribution in [2.24, 2.45) is 0 Å². The van der Waals surface area contributed by atoms with Crippen LogP contribution in [-0.4, -0.2) is 12.6 Å². The van der Waals surface area contributed by atoms with Gasteiger partial charge < -0.3 is 18.3 Å². The van der Waals surface area contributed by atoms with Gasteiger partial charge >= 0.3 is 11.6 Å². The van der Waals surface area contributed by atoms with Crippen LogP contribution in [0.3, 0.4) is 0 Å². The minimum Gasteiger partial charge on any atom is -0.482 e. The van der Waals surface area contributed by atoms with Crippen molar-refractivity contribution in [2.75, 3.05) is 6.61 Å². The van der Waals surface area contributed by atoms with E-state index in [1.165, 1.54) is 6.07 Å². The number of hydrogen-bond donors (Lipinski definition) is 0. The molecule has 0 saturated carbocycles. The second-order valence-electron chi connectivity index (χ2n) is 6.47. The van der Waals surface area contributed by atoms with Gasteiger partial charge in [-0.3, -0.25) is 0 Å². The van der Waals surface area contributed by atoms with E-state index in [0.717, 1.165) is 27.3 Å². The predicted octanol–water partition coefficient (Wildman–Crippen LogP) is 4.68. The van der Waals surface area contributed by atoms with E-state index in [2.05, 4.69) is 0 Å². The number of rotatable bonds is 4. The molecule has 5 aromatic rings. The highest BCUT2D eigenvalue weighted by Crippen LogP contribution is 2.31. The van der Waals surface area contributed by atoms with Crippen molar-refractivity contribution in [1.82, 2.24) is 0 Å². The molecule has 0 amide bonds. The van der Waals surface area contributed by atoms with E-state index in [1.54, 1.807) is 42.5 Å². The number of para-hydroxylation sites is 1. The third-order valence-electron chi connectivity index (χ3n) is 4.53. The second-order valence-corrected chi connectivity index (χ2v) is 6.47. The summed E-state index contributed by atoms with van der Waals surface area (Å²) in [4.78, 5) is 23.5. The Morgan fingerprint density at radius 1 is 0.759 bits per heavy atom. The number of carbonyl (C=O) groups is 1. The van der Waals surface area contributed by atoms with Crippen LogP contribution in [0.1, 0.15) is 0 Å². The summed E-state index contributed by atoms with van der Waals surface area (Å²) in [6, 6.07) is 20.9. The Morgan fingerprint density at radius 3 is 2.48 bits per heavy atom. The van der Waals surface area contributed by atoms with Crippen LogP contribution in [0.2, 0.25) is 0 Å². The largest absolute Gasteiger partial charge is 0.482 e. The number of hydrogen-bond acceptors (Lipinski definition) is 6. The zero-order chi connectivity index (χ0) is 19.8. The van der Waals surface area contributed by atoms with Crippen molar-refractivity contribution in [3.8, 4) is 11.5 Å². The zero-order valence-electron chi connectivity index (χ0n) is 15.1. The minimum absolute atomic E-state index is 0.285. The molecule has 0 spiro atoms. The third-order valence-corrected chi connectivity index (χ3v) is 4.53. The van der Waals surface area contributed by atoms with E-state index < -0.39 is 11.6 Å². The second kappa shape index (κ2) is 6.83. The topological polar surface area (TPSA) is 78.9 Å². The quantitative estimate of drug-likeness (QED) is 0.254. The first-order valence-electron chi connectivity index (χ1n) is 8.94. The van der Waals surface area contributed by atoms with Crippen LogP contribution in [0.5, 0.6) is 11.5 Å². The normalized spacial score (nSPS) is 11.2. The number of carbonyl (C=O) groups excluding carboxylic acids is 1. The molecule has 2 aromatic heterocycles. The summed E-state index contributed by atoms with van der Waals surface area (Å²) in [7, 11) is 0. The molecule has 0 unspecified atom stereocenters. The molecule has 0 bridgehead atoms. The van der Waals surface area contributed by atoms with E-state index in [9.17, 15) is 9.59 Å². The maximum absolute atomic E-state index is 12.2. The Labute approximate surface area is 163 Å². The van der Waals surface area contributed by atoms with Crippen molar-refractivity contribution < 1.29 is 23.1 Å². The van der Waals surface area contributed by atoms with Crippen LogP contribution in [-0.2, 0) is 4.79 Å². The monoisotopic (exact) mass is 386 g/mol. The molecule has 0 aliphatic heterocycles. The van der Waals surface area contributed by atoms with E-state index in [0.29, 0.717) is 17.1 Å². The smallest absolute Gasteiger partial charge is 0.349 e. The number of benzene rings is 3. The molecule has 0 aliphatic rings. The van der Waals surface area contributed by atoms with E-state index >= 15 is 0 Å². The van der Waals surface area contributed by atoms with Gasteiger partial charge in [0, 0.05) is 28.3 Å². The molecule has 0 atom stereocenters. The van der Waals surface area contributed by atoms with Gasteiger partial charge in [0.2, 0.25) is 0 Å². The summed E-state index contributed by atoms with van der Waals surface area (Å²) >= 11 is 0. The van der Waals surface area contributed by atoms with Crippen molar-refractivity contribution in [3.63, 3.8) is 0 Å². The lowest BCUT2D eigenvalue weighted by Crippen LogP contribution is -2.17. The highest BCUT2D eigenvalue weighted by molar-refractivity contribution is 6.05. The average molecular weight is 386 g/mol. The van der Waals surface area contributed by atoms with Crippen LogP contribution in [0.15, 0.2) is 86.4 Å². The van der Waals surface area contributed by atoms with Crippen LogP contribution >= 0.6 is 0 Å². The molecule has 5 rings (SSSR count). The van der Waals surface area contributed by atoms with Gasteiger partial charge in [-0.15, -0.1) is 0 Å². The first-order valence-corrected chi connectivity index (χ1v) is 8.94. The molecule has 0 fully saturated rings. The Kier molecular flexibility index (Phi) is 4.02. The molecular weight excluding hydrogens is 372 g/mol. The summed E-state index contributed by atoms with van der Waals surface area (Å²) in [5, 5.41) is 2.59. The summed E-state index contributed by atoms with van der Waals surface area (Å²) < 4.78 is 21.7. The fourth-order valence-corrected chi connectivity index (χ4v) is 3.20. The maximum atomic E-state index is 12.2. The first-order chi connectivity index (χ1) is 14.2. The van der Waals surface area contributed by atoms with Crippen LogP contribution in [0, 0.1) is 0 Å². The third kappa shape index (κ3) is 3.32. The van der Waals surface area contributed by atoms with Crippen LogP contribution in [0.25, 0.3) is 32.9 Å². The van der Waals surface area contributed by atoms with Gasteiger partial charge in [-0.25, -0.2) is 9.59 Å². The Morgan fingerprint density at radius 2 is 1.55 bits per heavy atom. The van der Waals surface area contributed by atoms with Gasteiger partial charge in [0.05, 0.1) is 0 Å². The summed E-state index contributed by atoms with van der Waals surface area (Å²) in [6.07, 6.45) is 0. The molecule has 3 aromatic carbocycles. The maximum Gasteiger partial charge on any atom is 0.349 e. The standard InChI is InChI=1S/C23H14O6/c24-22-10-6-14-5-7-15(12-21(14)29-22)26-13-23(25)27-16-8-9-20-18(11-16)17-3-1-2-4-19(17)28-20/h1-12H,13H2. The van der Waals surface area contributed by atoms with E-state index in [4.69, 9.17) is 18.3 Å². The molecule has 29 heavy (non-hydrogen) atoms. The van der Waals surface area contributed by atoms with E-state index in [1.807, 2.05) is 24.3 Å². The van der Waals surface area contributed by atoms with Gasteiger partial charge in [-0.1, -0.05) is 18.2 Å². The number of fused-ring (bicyclic) bond motifs is 4. The van der Waals surface area contributed by atoms with Gasteiger partial charge in [0.15, 0.2) is 6.61 Å². The average Bonchev–Trinajstić information content (AvgIpc) is 3.10. The Bertz CT molecular complexity index is 1430. The lowest BCUT2D eigenvalue weighted by Gasteiger charge is -2.07. The Hall–Kier alpha value is -4.06. The zero-order valence-corrected chi connectivity index (χ0v) is 15.1. The molecule has 0 radical (unpaired) electrons. The summed E-state index contributed by atoms with van der Waals surface area (Å²) in [6.45, 7) is -0.285. The number of furan rings is 1. The minimum atomic E-state index is -0.549. The SMILES string of the molecule is O=C(COc1ccc2ccc(=O)oc2c1)Oc1ccc2oc3ccccc3c2c1. The Balaban J connectivity index is 1.31. The van der Waals surface area contributed by atoms with Crippen molar-refractivity contribution in [2.45, 2.75) is 0 Å². The molecule has 2 heterocycles. The van der Waals surface area contributed by atoms with Crippen molar-refractivity contribution in [3.05, 3.63) is 83.2 Å². The first kappa shape index (κ1) is 17.1. The summed E-state index contributed by atoms with van der Waals surface area (Å²) in [5.41, 5.74) is 1.44. The van der Waals surface area contributed by atoms with Gasteiger partial charge in [0.25, 0.3) is 0 Å². The lowest BCUT2D eigenvalue weighted by atomic mass is 10.1. The molecule has 6 nitrogen and oxygen atoms in total. The molecule has 142 valence electrons. The van der Waals surface area contributed by atoms with Gasteiger partial charge in [-0.05, 0) is 42.5 Å². The predicted molar refractivity (Wildman–Crippen MR) is 107 cm³/mol. The summed E-state index contributed by atoms with van der Waals surface area (Å²) in [5.74, 6) is 0.258. The van der Waals surface area contributed by atoms with Crippen LogP contribution in [0.4, 0.5) is 0 Å². The highest BCUT2D eigenvalue weighted by Gasteiger charge is 2.11. The lowest BCUT2D eigenvalue weighted by molar-refractivity contribution is -0.136. The fourth-order valence-electron chi connectivity index (χ4n) is 3.20. The molecular formula is C23H14O6. The number of ether oxygens (including phenoxy) is 2. The molecule has 0 aliphatic carbocycles. The van der Waals surface area contributed by atoms with Crippen LogP contribution < -0.4 is 15.1 Å². The van der Waals surface area contributed by atoms with Crippen molar-refractivity contribution in [1.29, 1.82) is 0 Å². The van der Waals surface area contributed by atoms with Crippen molar-refractivity contribution >= 4 is 38.9 Å². The fraction of sp³-hybridized carbons (Fsp3) is 0.0435. The van der Waals surface area contributed by atoms with Gasteiger partial charge in [0.1, 0.15) is 28.2 Å². The van der Waals surface area contributed by atoms with Gasteiger partial charge in [-0.2, -0.15) is 0 Å².